The second kappa shape index (κ2) is 2.84. The molecular formula is C2H7N3S. The van der Waals surface area contributed by atoms with Crippen LogP contribution < -0.4 is 5.84 Å². The highest BCUT2D eigenvalue weighted by atomic mass is 32.2. The number of nitrogens with one attached hydrogen (secondary N) is 1. The maximum atomic E-state index is 6.78. The lowest BCUT2D eigenvalue weighted by molar-refractivity contribution is 1.27. The normalized spacial score (nSPS) is 15.5. The largest absolute Gasteiger partial charge is 0.323 e. The van der Waals surface area contributed by atoms with Crippen molar-refractivity contribution in [2.75, 3.05) is 6.26 Å². The molecule has 0 rings (SSSR count). The van der Waals surface area contributed by atoms with Crippen molar-refractivity contribution >= 4 is 16.2 Å². The molecule has 0 aliphatic carbocycles. The van der Waals surface area contributed by atoms with Gasteiger partial charge in [-0.3, -0.25) is 4.78 Å². The summed E-state index contributed by atoms with van der Waals surface area (Å²) < 4.78 is 6.78. The third kappa shape index (κ3) is 3.62. The van der Waals surface area contributed by atoms with Crippen molar-refractivity contribution in [3.05, 3.63) is 0 Å². The Labute approximate surface area is 39.1 Å². The van der Waals surface area contributed by atoms with E-state index in [0.717, 1.165) is 0 Å². The summed E-state index contributed by atoms with van der Waals surface area (Å²) in [7, 11) is -0.482. The Kier molecular flexibility index (Phi) is 2.66. The molecule has 0 saturated heterocycles. The Morgan fingerprint density at radius 2 is 2.50 bits per heavy atom. The SMILES string of the molecule is CS(=N)C=NN. The maximum Gasteiger partial charge on any atom is 0.0897 e. The van der Waals surface area contributed by atoms with Gasteiger partial charge in [-0.2, -0.15) is 5.10 Å². The number of rotatable bonds is 1. The molecule has 0 radical (unpaired) electrons. The molecule has 0 fully saturated rings. The molecule has 0 amide bonds. The van der Waals surface area contributed by atoms with Crippen molar-refractivity contribution in [3.8, 4) is 0 Å². The van der Waals surface area contributed by atoms with Gasteiger partial charge in [0.2, 0.25) is 0 Å². The number of nitrogens with two attached hydrogens (primary N) is 1. The second-order valence-electron chi connectivity index (χ2n) is 0.812. The van der Waals surface area contributed by atoms with E-state index in [1.807, 2.05) is 0 Å². The first kappa shape index (κ1) is 5.62. The monoisotopic (exact) mass is 105 g/mol. The molecule has 0 aromatic carbocycles. The van der Waals surface area contributed by atoms with Crippen LogP contribution in [0.5, 0.6) is 0 Å². The summed E-state index contributed by atoms with van der Waals surface area (Å²) in [6.45, 7) is 0. The molecule has 0 heterocycles. The zero-order valence-corrected chi connectivity index (χ0v) is 4.33. The van der Waals surface area contributed by atoms with E-state index in [2.05, 4.69) is 10.9 Å². The van der Waals surface area contributed by atoms with Crippen molar-refractivity contribution in [3.63, 3.8) is 0 Å². The van der Waals surface area contributed by atoms with Gasteiger partial charge >= 0.3 is 0 Å². The van der Waals surface area contributed by atoms with Crippen LogP contribution in [-0.2, 0) is 10.7 Å². The average molecular weight is 105 g/mol. The van der Waals surface area contributed by atoms with Crippen molar-refractivity contribution < 1.29 is 0 Å². The standard InChI is InChI=1S/C2H7N3S/c1-6(4)2-5-3/h2,4H,3H2,1H3. The molecule has 4 heteroatoms. The van der Waals surface area contributed by atoms with Gasteiger partial charge in [0, 0.05) is 0 Å². The van der Waals surface area contributed by atoms with Crippen molar-refractivity contribution in [2.45, 2.75) is 0 Å². The highest BCUT2D eigenvalue weighted by Gasteiger charge is 1.65. The predicted molar refractivity (Wildman–Crippen MR) is 28.7 cm³/mol. The number of hydrogen-bond acceptors (Lipinski definition) is 3. The first-order valence-electron chi connectivity index (χ1n) is 1.36. The molecule has 1 atom stereocenters. The minimum Gasteiger partial charge on any atom is -0.323 e. The summed E-state index contributed by atoms with van der Waals surface area (Å²) in [5.41, 5.74) is 1.39. The summed E-state index contributed by atoms with van der Waals surface area (Å²) in [4.78, 5) is 0. The van der Waals surface area contributed by atoms with Crippen molar-refractivity contribution in [1.29, 1.82) is 4.78 Å². The topological polar surface area (TPSA) is 62.2 Å². The Morgan fingerprint density at radius 3 is 2.50 bits per heavy atom. The van der Waals surface area contributed by atoms with Gasteiger partial charge in [-0.1, -0.05) is 10.7 Å². The van der Waals surface area contributed by atoms with Crippen molar-refractivity contribution in [1.82, 2.24) is 0 Å². The quantitative estimate of drug-likeness (QED) is 0.208. The highest BCUT2D eigenvalue weighted by Crippen LogP contribution is 1.60. The smallest absolute Gasteiger partial charge is 0.0897 e. The third-order valence-corrected chi connectivity index (χ3v) is 0.657. The van der Waals surface area contributed by atoms with Crippen LogP contribution >= 0.6 is 0 Å². The van der Waals surface area contributed by atoms with Crippen LogP contribution in [0.4, 0.5) is 0 Å². The number of hydrazone groups is 1. The number of hydrogen-bond donors (Lipinski definition) is 2. The Balaban J connectivity index is 3.30. The first-order valence-corrected chi connectivity index (χ1v) is 3.06. The third-order valence-electron chi connectivity index (χ3n) is 0.219. The van der Waals surface area contributed by atoms with Crippen LogP contribution in [-0.4, -0.2) is 11.8 Å². The van der Waals surface area contributed by atoms with Gasteiger partial charge in [-0.15, -0.1) is 0 Å². The van der Waals surface area contributed by atoms with E-state index in [4.69, 9.17) is 4.78 Å². The molecular weight excluding hydrogens is 98.1 g/mol. The molecule has 6 heavy (non-hydrogen) atoms. The molecule has 36 valence electrons. The minimum absolute atomic E-state index is 0.482. The fourth-order valence-electron chi connectivity index (χ4n) is 0.0913. The first-order chi connectivity index (χ1) is 2.77. The average Bonchev–Trinajstić information content (AvgIpc) is 1.35. The van der Waals surface area contributed by atoms with E-state index >= 15 is 0 Å². The maximum absolute atomic E-state index is 6.78. The molecule has 3 N–H and O–H groups in total. The fourth-order valence-corrected chi connectivity index (χ4v) is 0.274. The van der Waals surface area contributed by atoms with Gasteiger partial charge in [-0.05, 0) is 6.26 Å². The van der Waals surface area contributed by atoms with E-state index < -0.39 is 10.7 Å². The van der Waals surface area contributed by atoms with E-state index in [0.29, 0.717) is 0 Å². The van der Waals surface area contributed by atoms with E-state index in [9.17, 15) is 0 Å². The van der Waals surface area contributed by atoms with E-state index in [-0.39, 0.29) is 0 Å². The lowest BCUT2D eigenvalue weighted by Crippen LogP contribution is -1.86. The van der Waals surface area contributed by atoms with Crippen molar-refractivity contribution in [2.24, 2.45) is 10.9 Å². The lowest BCUT2D eigenvalue weighted by Gasteiger charge is -1.75. The second-order valence-corrected chi connectivity index (χ2v) is 2.14. The Hall–Kier alpha value is -0.380. The molecule has 0 aliphatic rings. The molecule has 0 aromatic heterocycles. The molecule has 0 bridgehead atoms. The van der Waals surface area contributed by atoms with Crippen LogP contribution in [0.15, 0.2) is 5.10 Å². The molecule has 3 nitrogen and oxygen atoms in total. The molecule has 1 unspecified atom stereocenters. The summed E-state index contributed by atoms with van der Waals surface area (Å²) in [5.74, 6) is 4.69. The van der Waals surface area contributed by atoms with Crippen LogP contribution in [0, 0.1) is 4.78 Å². The molecule has 0 spiro atoms. The molecule has 0 aliphatic heterocycles. The van der Waals surface area contributed by atoms with Gasteiger partial charge in [0.25, 0.3) is 0 Å². The predicted octanol–water partition coefficient (Wildman–Crippen LogP) is -0.101. The van der Waals surface area contributed by atoms with Gasteiger partial charge < -0.3 is 5.84 Å². The Morgan fingerprint density at radius 1 is 2.00 bits per heavy atom. The molecule has 0 saturated carbocycles. The van der Waals surface area contributed by atoms with Crippen LogP contribution in [0.2, 0.25) is 0 Å². The highest BCUT2D eigenvalue weighted by molar-refractivity contribution is 7.98. The van der Waals surface area contributed by atoms with Gasteiger partial charge in [-0.25, -0.2) is 0 Å². The summed E-state index contributed by atoms with van der Waals surface area (Å²) in [6.07, 6.45) is 1.72. The summed E-state index contributed by atoms with van der Waals surface area (Å²) in [6, 6.07) is 0. The number of nitrogens with zero attached hydrogens (tertiary/aromatic N) is 1. The fraction of sp³-hybridized carbons (Fsp3) is 0.500. The van der Waals surface area contributed by atoms with Gasteiger partial charge in [0.1, 0.15) is 0 Å². The lowest BCUT2D eigenvalue weighted by atomic mass is 11.7. The van der Waals surface area contributed by atoms with Crippen LogP contribution in [0.3, 0.4) is 0 Å². The van der Waals surface area contributed by atoms with E-state index in [1.54, 1.807) is 6.26 Å². The minimum atomic E-state index is -0.482. The van der Waals surface area contributed by atoms with Crippen LogP contribution in [0.1, 0.15) is 0 Å². The van der Waals surface area contributed by atoms with Gasteiger partial charge in [0.15, 0.2) is 0 Å². The summed E-state index contributed by atoms with van der Waals surface area (Å²) in [5, 5.41) is 3.14. The van der Waals surface area contributed by atoms with E-state index in [1.165, 1.54) is 5.55 Å². The zero-order valence-electron chi connectivity index (χ0n) is 3.51. The Bertz CT molecular complexity index is 76.9. The van der Waals surface area contributed by atoms with Gasteiger partial charge in [0.05, 0.1) is 5.55 Å². The van der Waals surface area contributed by atoms with Crippen LogP contribution in [0.25, 0.3) is 0 Å². The molecule has 0 aromatic rings. The zero-order chi connectivity index (χ0) is 4.99. The summed E-state index contributed by atoms with van der Waals surface area (Å²) >= 11 is 0.